The number of rotatable bonds is 12. The molecule has 3 aromatic carbocycles. The molecule has 0 spiro atoms. The number of fused-ring (bicyclic) bond motifs is 8. The van der Waals surface area contributed by atoms with E-state index in [1.165, 1.54) is 67.6 Å². The molecule has 123 heavy (non-hydrogen) atoms. The molecule has 0 saturated carbocycles. The fraction of sp³-hybridized carbons (Fsp3) is 0.404. The van der Waals surface area contributed by atoms with Gasteiger partial charge < -0.3 is 58.0 Å². The van der Waals surface area contributed by atoms with Crippen LogP contribution >= 0.6 is 0 Å². The standard InChI is InChI=1S/C26H29N5O2.C25H26N6O2.C22H26N4O.C21H23N5O4/c1-17(32)30-10-8-25-24(15-30)26(28-31(25)21-9-11-33-16-21)23-5-3-4-19-12-18(6-7-22(19)23)20-13-27-29(2)14-20;1-16(32)30-11-7-22-20(15-30)23(29-31(22)18-8-12-33-13-9-18)19-5-2-6-21-24(19)28-25(27-21)17-4-3-10-26-14-17;1-15(2)25-10-7-21-19(14-25)22(24-26(21)16-8-11-27-12-9-16)18-13-23-20-6-4-3-5-17(18)20;1-13(27)24-8-4-18-16(11-24)19(23-26(18)14-5-9-30-10-6-14)15-3-2-7-25-12-17(21(28)29)22-20(15)25/h5-7,12-14,21H,3-4,8-11,15-16H2,1-2H3;2-6,10,14,18H,7-9,11-13,15H2,1H3,(H,27,28);3-6,13,16,23H,1,7-12,14H2,2H3;2-3,7,12,14H,4-6,8-11H2,1H3,(H,28,29)/t21-;;;/m0.../s1. The van der Waals surface area contributed by atoms with Gasteiger partial charge in [-0.3, -0.25) is 42.8 Å². The Bertz CT molecular complexity index is 6200. The number of hydrogen-bond acceptors (Lipinski definition) is 17. The number of aromatic amines is 2. The Hall–Kier alpha value is -12.4. The molecule has 0 bridgehead atoms. The second kappa shape index (κ2) is 34.5. The van der Waals surface area contributed by atoms with Gasteiger partial charge in [0.2, 0.25) is 17.7 Å². The van der Waals surface area contributed by atoms with E-state index in [1.54, 1.807) is 37.6 Å². The minimum Gasteiger partial charge on any atom is -0.476 e. The Morgan fingerprint density at radius 2 is 1.04 bits per heavy atom. The van der Waals surface area contributed by atoms with Crippen molar-refractivity contribution in [1.82, 2.24) is 97.8 Å². The van der Waals surface area contributed by atoms with Gasteiger partial charge in [-0.15, -0.1) is 0 Å². The Morgan fingerprint density at radius 3 is 1.60 bits per heavy atom. The van der Waals surface area contributed by atoms with E-state index >= 15 is 0 Å². The molecule has 3 N–H and O–H groups in total. The van der Waals surface area contributed by atoms with Gasteiger partial charge in [-0.25, -0.2) is 14.8 Å². The number of para-hydroxylation sites is 2. The number of allylic oxidation sites excluding steroid dienone is 2. The molecule has 18 heterocycles. The van der Waals surface area contributed by atoms with Gasteiger partial charge in [0.25, 0.3) is 0 Å². The fourth-order valence-electron chi connectivity index (χ4n) is 19.4. The van der Waals surface area contributed by atoms with Crippen molar-refractivity contribution in [3.05, 3.63) is 214 Å². The lowest BCUT2D eigenvalue weighted by atomic mass is 9.85. The van der Waals surface area contributed by atoms with Crippen LogP contribution in [0.2, 0.25) is 0 Å². The van der Waals surface area contributed by atoms with E-state index in [9.17, 15) is 24.3 Å². The molecule has 634 valence electrons. The molecule has 3 amide bonds. The van der Waals surface area contributed by atoms with Crippen molar-refractivity contribution in [3.8, 4) is 56.3 Å². The number of hydrogen-bond donors (Lipinski definition) is 3. The van der Waals surface area contributed by atoms with Gasteiger partial charge in [-0.05, 0) is 118 Å². The summed E-state index contributed by atoms with van der Waals surface area (Å²) in [6, 6.07) is 30.4. The molecular formula is C94H104N20O9. The third-order valence-electron chi connectivity index (χ3n) is 26.0. The summed E-state index contributed by atoms with van der Waals surface area (Å²) >= 11 is 0. The van der Waals surface area contributed by atoms with Gasteiger partial charge in [-0.2, -0.15) is 25.5 Å². The summed E-state index contributed by atoms with van der Waals surface area (Å²) in [4.78, 5) is 76.3. The normalized spacial score (nSPS) is 18.0. The molecule has 29 nitrogen and oxygen atoms in total. The number of imidazole rings is 2. The predicted molar refractivity (Wildman–Crippen MR) is 465 cm³/mol. The molecule has 13 aromatic rings. The van der Waals surface area contributed by atoms with Gasteiger partial charge in [0.05, 0.1) is 65.1 Å². The number of carboxylic acids is 1. The lowest BCUT2D eigenvalue weighted by Gasteiger charge is -2.31. The van der Waals surface area contributed by atoms with Gasteiger partial charge in [-0.1, -0.05) is 61.2 Å². The number of carbonyl (C=O) groups excluding carboxylic acids is 3. The van der Waals surface area contributed by atoms with E-state index in [0.717, 1.165) is 233 Å². The first kappa shape index (κ1) is 80.3. The maximum atomic E-state index is 12.2. The summed E-state index contributed by atoms with van der Waals surface area (Å²) in [5.41, 5.74) is 28.4. The molecule has 0 unspecified atom stereocenters. The molecule has 0 radical (unpaired) electrons. The summed E-state index contributed by atoms with van der Waals surface area (Å²) in [6.45, 7) is 23.1. The smallest absolute Gasteiger partial charge is 0.356 e. The van der Waals surface area contributed by atoms with Gasteiger partial charge in [0, 0.05) is 284 Å². The second-order valence-electron chi connectivity index (χ2n) is 33.7. The molecule has 22 rings (SSSR count). The number of pyridine rings is 2. The van der Waals surface area contributed by atoms with Gasteiger partial charge in [0.15, 0.2) is 5.69 Å². The van der Waals surface area contributed by atoms with Crippen LogP contribution in [-0.4, -0.2) is 206 Å². The van der Waals surface area contributed by atoms with Gasteiger partial charge in [0.1, 0.15) is 17.2 Å². The maximum absolute atomic E-state index is 12.2. The minimum atomic E-state index is -1.07. The number of aryl methyl sites for hydroxylation is 2. The number of carbonyl (C=O) groups is 4. The number of carboxylic acid groups (broad SMARTS) is 1. The Kier molecular flexibility index (Phi) is 22.5. The van der Waals surface area contributed by atoms with E-state index in [-0.39, 0.29) is 35.5 Å². The summed E-state index contributed by atoms with van der Waals surface area (Å²) in [7, 11) is 1.95. The van der Waals surface area contributed by atoms with Crippen molar-refractivity contribution in [1.29, 1.82) is 0 Å². The van der Waals surface area contributed by atoms with Crippen LogP contribution in [0.15, 0.2) is 147 Å². The van der Waals surface area contributed by atoms with Crippen LogP contribution in [0.4, 0.5) is 0 Å². The Morgan fingerprint density at radius 1 is 0.504 bits per heavy atom. The highest BCUT2D eigenvalue weighted by Crippen LogP contribution is 2.44. The van der Waals surface area contributed by atoms with Crippen LogP contribution in [0, 0.1) is 0 Å². The third kappa shape index (κ3) is 15.9. The molecule has 1 atom stereocenters. The molecule has 10 aromatic heterocycles. The van der Waals surface area contributed by atoms with Crippen molar-refractivity contribution in [3.63, 3.8) is 0 Å². The summed E-state index contributed by atoms with van der Waals surface area (Å²) in [6.07, 6.45) is 27.5. The van der Waals surface area contributed by atoms with Crippen molar-refractivity contribution in [2.75, 3.05) is 79.0 Å². The van der Waals surface area contributed by atoms with Crippen molar-refractivity contribution >= 4 is 56.8 Å². The highest BCUT2D eigenvalue weighted by Gasteiger charge is 2.38. The average Bonchev–Trinajstić information content (AvgIpc) is 1.58. The number of aromatic nitrogens is 16. The van der Waals surface area contributed by atoms with E-state index in [2.05, 4.69) is 129 Å². The lowest BCUT2D eigenvalue weighted by molar-refractivity contribution is -0.130. The summed E-state index contributed by atoms with van der Waals surface area (Å²) < 4.78 is 34.8. The van der Waals surface area contributed by atoms with Crippen LogP contribution in [0.5, 0.6) is 0 Å². The fourth-order valence-corrected chi connectivity index (χ4v) is 19.4. The van der Waals surface area contributed by atoms with E-state index in [1.807, 2.05) is 75.2 Å². The van der Waals surface area contributed by atoms with E-state index in [4.69, 9.17) is 44.3 Å². The molecule has 29 heteroatoms. The third-order valence-corrected chi connectivity index (χ3v) is 26.0. The van der Waals surface area contributed by atoms with E-state index in [0.29, 0.717) is 63.7 Å². The van der Waals surface area contributed by atoms with Crippen LogP contribution in [0.3, 0.4) is 0 Å². The van der Waals surface area contributed by atoms with Crippen LogP contribution in [0.25, 0.3) is 89.4 Å². The number of nitrogens with one attached hydrogen (secondary N) is 2. The predicted octanol–water partition coefficient (Wildman–Crippen LogP) is 13.7. The quantitative estimate of drug-likeness (QED) is 0.102. The van der Waals surface area contributed by atoms with Crippen LogP contribution in [-0.2, 0) is 98.7 Å². The molecule has 4 fully saturated rings. The van der Waals surface area contributed by atoms with Crippen LogP contribution in [0.1, 0.15) is 176 Å². The SMILES string of the molecule is C=C(C)N1CCc2c(c(-c3c[nH]c4ccccc34)nn2C2CCOCC2)C1.CC(=O)N1CCc2c(c(-c3cccc4[nH]c(-c5cccnc5)nc34)nn2C2CCOCC2)C1.CC(=O)N1CCc2c(c(-c3cccn4cc(C(=O)O)nc34)nn2C2CCOCC2)C1.CC(=O)N1CCc2c(c(C3=CCCc4cc(-c5cnn(C)c5)ccc43)nn2[C@H]2CCOC2)C1. The number of amides is 3. The maximum Gasteiger partial charge on any atom is 0.356 e. The first-order chi connectivity index (χ1) is 60.0. The first-order valence-electron chi connectivity index (χ1n) is 43.4. The average molecular weight is 1660 g/mol. The monoisotopic (exact) mass is 1660 g/mol. The first-order valence-corrected chi connectivity index (χ1v) is 43.4. The zero-order valence-electron chi connectivity index (χ0n) is 70.5. The number of H-pyrrole nitrogens is 2. The minimum absolute atomic E-state index is 0.00876. The lowest BCUT2D eigenvalue weighted by Crippen LogP contribution is -2.35. The summed E-state index contributed by atoms with van der Waals surface area (Å²) in [5, 5.41) is 35.5. The van der Waals surface area contributed by atoms with Crippen molar-refractivity contribution in [2.45, 2.75) is 162 Å². The van der Waals surface area contributed by atoms with Crippen molar-refractivity contribution < 1.29 is 43.2 Å². The van der Waals surface area contributed by atoms with E-state index < -0.39 is 5.97 Å². The highest BCUT2D eigenvalue weighted by atomic mass is 16.5. The highest BCUT2D eigenvalue weighted by molar-refractivity contribution is 5.96. The molecule has 4 saturated heterocycles. The van der Waals surface area contributed by atoms with Gasteiger partial charge >= 0.3 is 5.97 Å². The molecular weight excluding hydrogens is 1550 g/mol. The Balaban J connectivity index is 0.000000108. The number of nitrogens with zero attached hydrogens (tertiary/aromatic N) is 18. The second-order valence-corrected chi connectivity index (χ2v) is 33.7. The number of aromatic carboxylic acids is 1. The van der Waals surface area contributed by atoms with Crippen molar-refractivity contribution in [2.24, 2.45) is 7.05 Å². The summed E-state index contributed by atoms with van der Waals surface area (Å²) in [5.74, 6) is -0.0154. The zero-order chi connectivity index (χ0) is 84.1. The van der Waals surface area contributed by atoms with Crippen LogP contribution < -0.4 is 0 Å². The largest absolute Gasteiger partial charge is 0.476 e. The molecule has 9 aliphatic rings. The molecule has 8 aliphatic heterocycles. The topological polar surface area (TPSA) is 302 Å². The number of benzene rings is 3. The number of ether oxygens (including phenoxy) is 4. The molecule has 1 aliphatic carbocycles. The Labute approximate surface area is 712 Å². The zero-order valence-corrected chi connectivity index (χ0v) is 70.5.